The summed E-state index contributed by atoms with van der Waals surface area (Å²) in [6.45, 7) is 6.86. The highest BCUT2D eigenvalue weighted by Crippen LogP contribution is 2.08. The van der Waals surface area contributed by atoms with Gasteiger partial charge in [0.15, 0.2) is 0 Å². The molecule has 1 rings (SSSR count). The summed E-state index contributed by atoms with van der Waals surface area (Å²) in [5.74, 6) is 1.26. The maximum atomic E-state index is 5.43. The van der Waals surface area contributed by atoms with Crippen LogP contribution in [0, 0.1) is 0 Å². The summed E-state index contributed by atoms with van der Waals surface area (Å²) in [6.07, 6.45) is 5.52. The molecular formula is C12H21N3O2. The van der Waals surface area contributed by atoms with Crippen LogP contribution in [0.1, 0.15) is 26.7 Å². The lowest BCUT2D eigenvalue weighted by molar-refractivity contribution is 0.0964. The zero-order chi connectivity index (χ0) is 12.3. The lowest BCUT2D eigenvalue weighted by atomic mass is 10.4. The Kier molecular flexibility index (Phi) is 7.06. The van der Waals surface area contributed by atoms with Gasteiger partial charge in [0.1, 0.15) is 12.4 Å². The quantitative estimate of drug-likeness (QED) is 0.669. The van der Waals surface area contributed by atoms with Gasteiger partial charge in [0.2, 0.25) is 5.88 Å². The van der Waals surface area contributed by atoms with Crippen LogP contribution in [0.4, 0.5) is 5.82 Å². The number of hydrogen-bond donors (Lipinski definition) is 1. The molecule has 1 N–H and O–H groups in total. The van der Waals surface area contributed by atoms with E-state index in [-0.39, 0.29) is 0 Å². The summed E-state index contributed by atoms with van der Waals surface area (Å²) in [5.41, 5.74) is 0. The lowest BCUT2D eigenvalue weighted by Gasteiger charge is -2.07. The number of unbranched alkanes of at least 4 members (excludes halogenated alkanes) is 1. The van der Waals surface area contributed by atoms with Gasteiger partial charge in [0.25, 0.3) is 0 Å². The molecule has 0 saturated heterocycles. The van der Waals surface area contributed by atoms with E-state index in [1.807, 2.05) is 6.92 Å². The van der Waals surface area contributed by atoms with Crippen molar-refractivity contribution in [3.63, 3.8) is 0 Å². The van der Waals surface area contributed by atoms with Gasteiger partial charge in [-0.3, -0.25) is 4.98 Å². The number of hydrogen-bond acceptors (Lipinski definition) is 5. The molecule has 0 aromatic carbocycles. The lowest BCUT2D eigenvalue weighted by Crippen LogP contribution is -2.09. The summed E-state index contributed by atoms with van der Waals surface area (Å²) in [5, 5.41) is 3.08. The Bertz CT molecular complexity index is 308. The Morgan fingerprint density at radius 2 is 2.06 bits per heavy atom. The van der Waals surface area contributed by atoms with Crippen LogP contribution in [0.2, 0.25) is 0 Å². The maximum Gasteiger partial charge on any atom is 0.234 e. The normalized spacial score (nSPS) is 10.2. The van der Waals surface area contributed by atoms with Gasteiger partial charge in [-0.2, -0.15) is 4.98 Å². The molecule has 5 nitrogen and oxygen atoms in total. The number of rotatable bonds is 9. The molecule has 0 aliphatic heterocycles. The minimum absolute atomic E-state index is 0.508. The minimum Gasteiger partial charge on any atom is -0.474 e. The van der Waals surface area contributed by atoms with Gasteiger partial charge >= 0.3 is 0 Å². The molecule has 0 fully saturated rings. The molecular weight excluding hydrogens is 218 g/mol. The van der Waals surface area contributed by atoms with Crippen LogP contribution in [-0.2, 0) is 4.74 Å². The highest BCUT2D eigenvalue weighted by molar-refractivity contribution is 5.32. The van der Waals surface area contributed by atoms with E-state index in [2.05, 4.69) is 22.2 Å². The first-order chi connectivity index (χ1) is 8.36. The number of aromatic nitrogens is 2. The van der Waals surface area contributed by atoms with Crippen molar-refractivity contribution in [3.05, 3.63) is 12.4 Å². The second-order valence-electron chi connectivity index (χ2n) is 3.59. The van der Waals surface area contributed by atoms with E-state index in [0.29, 0.717) is 19.1 Å². The van der Waals surface area contributed by atoms with Crippen LogP contribution >= 0.6 is 0 Å². The van der Waals surface area contributed by atoms with E-state index in [4.69, 9.17) is 9.47 Å². The summed E-state index contributed by atoms with van der Waals surface area (Å²) >= 11 is 0. The molecule has 1 heterocycles. The average molecular weight is 239 g/mol. The van der Waals surface area contributed by atoms with Gasteiger partial charge in [0, 0.05) is 13.2 Å². The molecule has 5 heteroatoms. The third-order valence-electron chi connectivity index (χ3n) is 2.09. The SMILES string of the molecule is CCCCOCCOc1cncc(NCC)n1. The van der Waals surface area contributed by atoms with Crippen molar-refractivity contribution in [2.75, 3.05) is 31.7 Å². The fourth-order valence-corrected chi connectivity index (χ4v) is 1.24. The van der Waals surface area contributed by atoms with E-state index < -0.39 is 0 Å². The first kappa shape index (κ1) is 13.7. The molecule has 17 heavy (non-hydrogen) atoms. The van der Waals surface area contributed by atoms with E-state index in [1.54, 1.807) is 12.4 Å². The Morgan fingerprint density at radius 1 is 1.18 bits per heavy atom. The van der Waals surface area contributed by atoms with Gasteiger partial charge in [-0.05, 0) is 13.3 Å². The van der Waals surface area contributed by atoms with E-state index in [0.717, 1.165) is 31.8 Å². The Labute approximate surface area is 103 Å². The highest BCUT2D eigenvalue weighted by Gasteiger charge is 1.98. The van der Waals surface area contributed by atoms with Crippen LogP contribution < -0.4 is 10.1 Å². The van der Waals surface area contributed by atoms with Crippen molar-refractivity contribution < 1.29 is 9.47 Å². The topological polar surface area (TPSA) is 56.3 Å². The second-order valence-corrected chi connectivity index (χ2v) is 3.59. The predicted molar refractivity (Wildman–Crippen MR) is 67.4 cm³/mol. The second kappa shape index (κ2) is 8.75. The zero-order valence-electron chi connectivity index (χ0n) is 10.6. The van der Waals surface area contributed by atoms with Crippen molar-refractivity contribution in [3.8, 4) is 5.88 Å². The first-order valence-electron chi connectivity index (χ1n) is 6.13. The molecule has 0 unspecified atom stereocenters. The van der Waals surface area contributed by atoms with Gasteiger partial charge in [-0.25, -0.2) is 0 Å². The van der Waals surface area contributed by atoms with Crippen molar-refractivity contribution >= 4 is 5.82 Å². The number of anilines is 1. The van der Waals surface area contributed by atoms with Crippen LogP contribution in [-0.4, -0.2) is 36.3 Å². The molecule has 0 aliphatic carbocycles. The van der Waals surface area contributed by atoms with Crippen molar-refractivity contribution in [1.29, 1.82) is 0 Å². The molecule has 0 saturated carbocycles. The van der Waals surface area contributed by atoms with E-state index in [1.165, 1.54) is 0 Å². The monoisotopic (exact) mass is 239 g/mol. The van der Waals surface area contributed by atoms with Crippen molar-refractivity contribution in [2.45, 2.75) is 26.7 Å². The zero-order valence-corrected chi connectivity index (χ0v) is 10.6. The summed E-state index contributed by atoms with van der Waals surface area (Å²) in [4.78, 5) is 8.29. The third-order valence-corrected chi connectivity index (χ3v) is 2.09. The molecule has 0 bridgehead atoms. The fourth-order valence-electron chi connectivity index (χ4n) is 1.24. The van der Waals surface area contributed by atoms with Crippen LogP contribution in [0.5, 0.6) is 5.88 Å². The Balaban J connectivity index is 2.19. The molecule has 96 valence electrons. The van der Waals surface area contributed by atoms with E-state index in [9.17, 15) is 0 Å². The van der Waals surface area contributed by atoms with Gasteiger partial charge in [0.05, 0.1) is 19.0 Å². The molecule has 1 aromatic heterocycles. The standard InChI is InChI=1S/C12H21N3O2/c1-3-5-6-16-7-8-17-12-10-13-9-11(15-12)14-4-2/h9-10H,3-8H2,1-2H3,(H,14,15). The number of ether oxygens (including phenoxy) is 2. The number of nitrogens with zero attached hydrogens (tertiary/aromatic N) is 2. The van der Waals surface area contributed by atoms with Crippen molar-refractivity contribution in [1.82, 2.24) is 9.97 Å². The first-order valence-corrected chi connectivity index (χ1v) is 6.13. The average Bonchev–Trinajstić information content (AvgIpc) is 2.35. The maximum absolute atomic E-state index is 5.43. The third kappa shape index (κ3) is 6.06. The largest absolute Gasteiger partial charge is 0.474 e. The van der Waals surface area contributed by atoms with Gasteiger partial charge in [-0.15, -0.1) is 0 Å². The van der Waals surface area contributed by atoms with Gasteiger partial charge in [-0.1, -0.05) is 13.3 Å². The molecule has 0 spiro atoms. The molecule has 0 amide bonds. The highest BCUT2D eigenvalue weighted by atomic mass is 16.5. The Morgan fingerprint density at radius 3 is 2.82 bits per heavy atom. The Hall–Kier alpha value is -1.36. The van der Waals surface area contributed by atoms with E-state index >= 15 is 0 Å². The summed E-state index contributed by atoms with van der Waals surface area (Å²) in [6, 6.07) is 0. The molecule has 0 atom stereocenters. The van der Waals surface area contributed by atoms with Crippen LogP contribution in [0.25, 0.3) is 0 Å². The van der Waals surface area contributed by atoms with Crippen LogP contribution in [0.3, 0.4) is 0 Å². The minimum atomic E-state index is 0.508. The molecule has 1 aromatic rings. The van der Waals surface area contributed by atoms with Gasteiger partial charge < -0.3 is 14.8 Å². The summed E-state index contributed by atoms with van der Waals surface area (Å²) < 4.78 is 10.8. The molecule has 0 radical (unpaired) electrons. The predicted octanol–water partition coefficient (Wildman–Crippen LogP) is 2.10. The number of nitrogens with one attached hydrogen (secondary N) is 1. The fraction of sp³-hybridized carbons (Fsp3) is 0.667. The van der Waals surface area contributed by atoms with Crippen LogP contribution in [0.15, 0.2) is 12.4 Å². The smallest absolute Gasteiger partial charge is 0.234 e. The molecule has 0 aliphatic rings. The van der Waals surface area contributed by atoms with Crippen molar-refractivity contribution in [2.24, 2.45) is 0 Å². The summed E-state index contributed by atoms with van der Waals surface area (Å²) in [7, 11) is 0.